The number of anilines is 2. The zero-order chi connectivity index (χ0) is 26.9. The third-order valence-electron chi connectivity index (χ3n) is 7.72. The molecule has 4 aromatic rings. The molecule has 1 aliphatic heterocycles. The second-order valence-electron chi connectivity index (χ2n) is 10.3. The first kappa shape index (κ1) is 25.1. The topological polar surface area (TPSA) is 114 Å². The largest absolute Gasteiger partial charge is 0.324 e. The smallest absolute Gasteiger partial charge is 0.280 e. The number of hydroxylamine groups is 1. The second kappa shape index (κ2) is 10.5. The van der Waals surface area contributed by atoms with E-state index in [1.54, 1.807) is 10.8 Å². The molecular weight excluding hydrogens is 494 g/mol. The van der Waals surface area contributed by atoms with E-state index in [1.807, 2.05) is 18.2 Å². The van der Waals surface area contributed by atoms with Crippen LogP contribution in [0.15, 0.2) is 53.7 Å². The van der Waals surface area contributed by atoms with E-state index in [0.717, 1.165) is 62.3 Å². The first-order valence-corrected chi connectivity index (χ1v) is 13.3. The Morgan fingerprint density at radius 1 is 1.08 bits per heavy atom. The quantitative estimate of drug-likeness (QED) is 0.368. The highest BCUT2D eigenvalue weighted by Gasteiger charge is 2.21. The van der Waals surface area contributed by atoms with Gasteiger partial charge in [-0.2, -0.15) is 4.98 Å². The summed E-state index contributed by atoms with van der Waals surface area (Å²) in [5.74, 6) is 0.289. The standard InChI is InChI=1S/C29H31N7O3/c1-35-12-10-19(11-13-35)18-6-8-21(9-7-18)32-29-31-16-23-26(37)24(28(38)34-39-2)17-36(27(23)33-29)22-14-20-4-3-5-25(20)30-15-22/h6-9,14-17,19H,3-5,10-13H2,1-2H3,(H,34,38)(H,31,32,33). The third-order valence-corrected chi connectivity index (χ3v) is 7.72. The van der Waals surface area contributed by atoms with Crippen LogP contribution in [0.4, 0.5) is 11.6 Å². The molecule has 200 valence electrons. The van der Waals surface area contributed by atoms with Gasteiger partial charge in [-0.15, -0.1) is 0 Å². The van der Waals surface area contributed by atoms with E-state index < -0.39 is 11.3 Å². The summed E-state index contributed by atoms with van der Waals surface area (Å²) in [5.41, 5.74) is 7.25. The van der Waals surface area contributed by atoms with Crippen LogP contribution in [0, 0.1) is 0 Å². The molecule has 10 nitrogen and oxygen atoms in total. The fraction of sp³-hybridized carbons (Fsp3) is 0.345. The van der Waals surface area contributed by atoms with E-state index in [4.69, 9.17) is 9.82 Å². The van der Waals surface area contributed by atoms with Crippen LogP contribution in [0.3, 0.4) is 0 Å². The number of fused-ring (bicyclic) bond motifs is 2. The summed E-state index contributed by atoms with van der Waals surface area (Å²) in [6.45, 7) is 2.23. The maximum absolute atomic E-state index is 13.2. The maximum Gasteiger partial charge on any atom is 0.280 e. The molecule has 4 heterocycles. The molecule has 0 saturated carbocycles. The van der Waals surface area contributed by atoms with E-state index in [9.17, 15) is 9.59 Å². The summed E-state index contributed by atoms with van der Waals surface area (Å²) in [5, 5.41) is 3.49. The van der Waals surface area contributed by atoms with E-state index in [-0.39, 0.29) is 10.9 Å². The van der Waals surface area contributed by atoms with Gasteiger partial charge in [0.25, 0.3) is 5.91 Å². The Balaban J connectivity index is 1.36. The summed E-state index contributed by atoms with van der Waals surface area (Å²) in [4.78, 5) is 46.8. The Morgan fingerprint density at radius 3 is 2.64 bits per heavy atom. The molecule has 6 rings (SSSR count). The summed E-state index contributed by atoms with van der Waals surface area (Å²) < 4.78 is 1.73. The number of likely N-dealkylation sites (tertiary alicyclic amines) is 1. The fourth-order valence-corrected chi connectivity index (χ4v) is 5.53. The van der Waals surface area contributed by atoms with Gasteiger partial charge in [0.1, 0.15) is 5.56 Å². The van der Waals surface area contributed by atoms with Gasteiger partial charge in [0.2, 0.25) is 11.4 Å². The molecule has 2 aliphatic rings. The molecule has 0 atom stereocenters. The average molecular weight is 526 g/mol. The third kappa shape index (κ3) is 5.00. The number of rotatable bonds is 6. The van der Waals surface area contributed by atoms with Crippen LogP contribution in [0.1, 0.15) is 52.4 Å². The van der Waals surface area contributed by atoms with Crippen molar-refractivity contribution in [3.8, 4) is 5.69 Å². The van der Waals surface area contributed by atoms with Crippen molar-refractivity contribution in [3.05, 3.63) is 81.5 Å². The number of amides is 1. The Hall–Kier alpha value is -4.15. The lowest BCUT2D eigenvalue weighted by Gasteiger charge is -2.29. The Kier molecular flexibility index (Phi) is 6.80. The molecule has 1 aromatic carbocycles. The SMILES string of the molecule is CONC(=O)c1cn(-c2cnc3c(c2)CCC3)c2nc(Nc3ccc(C4CCN(C)CC4)cc3)ncc2c1=O. The van der Waals surface area contributed by atoms with E-state index in [1.165, 1.54) is 30.6 Å². The molecule has 2 N–H and O–H groups in total. The van der Waals surface area contributed by atoms with E-state index in [0.29, 0.717) is 17.5 Å². The number of pyridine rings is 2. The molecule has 1 amide bonds. The molecule has 0 radical (unpaired) electrons. The minimum absolute atomic E-state index is 0.0707. The number of aromatic nitrogens is 4. The Morgan fingerprint density at radius 2 is 1.87 bits per heavy atom. The zero-order valence-electron chi connectivity index (χ0n) is 22.1. The number of aryl methyl sites for hydroxylation is 2. The van der Waals surface area contributed by atoms with Crippen LogP contribution in [-0.2, 0) is 17.7 Å². The summed E-state index contributed by atoms with van der Waals surface area (Å²) in [7, 11) is 3.49. The van der Waals surface area contributed by atoms with Crippen LogP contribution in [0.25, 0.3) is 16.7 Å². The summed E-state index contributed by atoms with van der Waals surface area (Å²) in [6.07, 6.45) is 9.99. The molecule has 1 fully saturated rings. The first-order chi connectivity index (χ1) is 19.0. The van der Waals surface area contributed by atoms with Gasteiger partial charge in [-0.05, 0) is 87.5 Å². The van der Waals surface area contributed by atoms with Gasteiger partial charge in [-0.3, -0.25) is 24.0 Å². The number of hydrogen-bond acceptors (Lipinski definition) is 8. The van der Waals surface area contributed by atoms with Crippen LogP contribution in [-0.4, -0.2) is 57.6 Å². The number of carbonyl (C=O) groups is 1. The van der Waals surface area contributed by atoms with E-state index >= 15 is 0 Å². The van der Waals surface area contributed by atoms with Gasteiger partial charge in [-0.1, -0.05) is 12.1 Å². The van der Waals surface area contributed by atoms with Gasteiger partial charge < -0.3 is 10.2 Å². The molecule has 3 aromatic heterocycles. The molecule has 39 heavy (non-hydrogen) atoms. The maximum atomic E-state index is 13.2. The number of piperidine rings is 1. The number of benzene rings is 1. The van der Waals surface area contributed by atoms with Crippen molar-refractivity contribution < 1.29 is 9.63 Å². The van der Waals surface area contributed by atoms with Crippen molar-refractivity contribution in [1.82, 2.24) is 29.9 Å². The second-order valence-corrected chi connectivity index (χ2v) is 10.3. The van der Waals surface area contributed by atoms with Crippen LogP contribution in [0.2, 0.25) is 0 Å². The van der Waals surface area contributed by atoms with Crippen LogP contribution < -0.4 is 16.2 Å². The fourth-order valence-electron chi connectivity index (χ4n) is 5.53. The monoisotopic (exact) mass is 525 g/mol. The van der Waals surface area contributed by atoms with Crippen molar-refractivity contribution >= 4 is 28.6 Å². The summed E-state index contributed by atoms with van der Waals surface area (Å²) in [6, 6.07) is 10.4. The van der Waals surface area contributed by atoms with Crippen molar-refractivity contribution in [2.75, 3.05) is 32.6 Å². The van der Waals surface area contributed by atoms with Crippen LogP contribution >= 0.6 is 0 Å². The van der Waals surface area contributed by atoms with Gasteiger partial charge in [-0.25, -0.2) is 10.5 Å². The molecule has 1 aliphatic carbocycles. The van der Waals surface area contributed by atoms with Gasteiger partial charge in [0.05, 0.1) is 24.4 Å². The van der Waals surface area contributed by atoms with Gasteiger partial charge >= 0.3 is 0 Å². The molecule has 0 unspecified atom stereocenters. The lowest BCUT2D eigenvalue weighted by molar-refractivity contribution is 0.0536. The van der Waals surface area contributed by atoms with Crippen molar-refractivity contribution in [1.29, 1.82) is 0 Å². The number of hydrogen-bond donors (Lipinski definition) is 2. The summed E-state index contributed by atoms with van der Waals surface area (Å²) >= 11 is 0. The van der Waals surface area contributed by atoms with Gasteiger partial charge in [0.15, 0.2) is 5.65 Å². The average Bonchev–Trinajstić information content (AvgIpc) is 3.42. The molecule has 10 heteroatoms. The van der Waals surface area contributed by atoms with Gasteiger partial charge in [0, 0.05) is 23.8 Å². The predicted molar refractivity (Wildman–Crippen MR) is 149 cm³/mol. The minimum Gasteiger partial charge on any atom is -0.324 e. The molecule has 1 saturated heterocycles. The van der Waals surface area contributed by atoms with Crippen molar-refractivity contribution in [2.45, 2.75) is 38.0 Å². The van der Waals surface area contributed by atoms with Crippen molar-refractivity contribution in [2.24, 2.45) is 0 Å². The lowest BCUT2D eigenvalue weighted by Crippen LogP contribution is -2.29. The molecular formula is C29H31N7O3. The minimum atomic E-state index is -0.640. The van der Waals surface area contributed by atoms with Crippen LogP contribution in [0.5, 0.6) is 0 Å². The zero-order valence-corrected chi connectivity index (χ0v) is 22.1. The molecule has 0 bridgehead atoms. The first-order valence-electron chi connectivity index (χ1n) is 13.3. The number of carbonyl (C=O) groups excluding carboxylic acids is 1. The normalized spacial score (nSPS) is 15.8. The van der Waals surface area contributed by atoms with E-state index in [2.05, 4.69) is 44.8 Å². The number of nitrogens with zero attached hydrogens (tertiary/aromatic N) is 5. The number of nitrogens with one attached hydrogen (secondary N) is 2. The van der Waals surface area contributed by atoms with Crippen molar-refractivity contribution in [3.63, 3.8) is 0 Å². The Labute approximate surface area is 226 Å². The highest BCUT2D eigenvalue weighted by Crippen LogP contribution is 2.29. The predicted octanol–water partition coefficient (Wildman–Crippen LogP) is 3.51. The highest BCUT2D eigenvalue weighted by atomic mass is 16.6. The Bertz CT molecular complexity index is 1590. The lowest BCUT2D eigenvalue weighted by atomic mass is 9.89. The molecule has 0 spiro atoms. The highest BCUT2D eigenvalue weighted by molar-refractivity contribution is 5.96.